The number of nitrogens with one attached hydrogen (secondary N) is 1. The molecular formula is C11H19N3. The summed E-state index contributed by atoms with van der Waals surface area (Å²) >= 11 is 0. The van der Waals surface area contributed by atoms with Crippen molar-refractivity contribution in [2.24, 2.45) is 0 Å². The molecule has 1 fully saturated rings. The van der Waals surface area contributed by atoms with Gasteiger partial charge in [0.2, 0.25) is 0 Å². The molecule has 3 nitrogen and oxygen atoms in total. The number of hydrogen-bond donors (Lipinski definition) is 1. The molecule has 78 valence electrons. The molecule has 0 aromatic carbocycles. The van der Waals surface area contributed by atoms with Gasteiger partial charge in [0.15, 0.2) is 0 Å². The fourth-order valence-corrected chi connectivity index (χ4v) is 1.92. The normalized spacial score (nSPS) is 22.1. The molecule has 1 aromatic heterocycles. The van der Waals surface area contributed by atoms with Gasteiger partial charge in [0.1, 0.15) is 0 Å². The second kappa shape index (κ2) is 4.13. The Morgan fingerprint density at radius 2 is 2.50 bits per heavy atom. The van der Waals surface area contributed by atoms with Gasteiger partial charge >= 0.3 is 0 Å². The zero-order valence-corrected chi connectivity index (χ0v) is 9.03. The van der Waals surface area contributed by atoms with E-state index in [1.807, 2.05) is 6.20 Å². The van der Waals surface area contributed by atoms with Crippen LogP contribution < -0.4 is 5.32 Å². The van der Waals surface area contributed by atoms with Gasteiger partial charge in [0.05, 0.1) is 12.7 Å². The topological polar surface area (TPSA) is 29.9 Å². The third kappa shape index (κ3) is 2.15. The summed E-state index contributed by atoms with van der Waals surface area (Å²) in [4.78, 5) is 0. The van der Waals surface area contributed by atoms with Crippen molar-refractivity contribution < 1.29 is 0 Å². The largest absolute Gasteiger partial charge is 0.312 e. The van der Waals surface area contributed by atoms with Crippen LogP contribution in [0.25, 0.3) is 0 Å². The Kier molecular flexibility index (Phi) is 2.87. The number of hydrogen-bond acceptors (Lipinski definition) is 2. The highest BCUT2D eigenvalue weighted by molar-refractivity contribution is 5.08. The van der Waals surface area contributed by atoms with E-state index in [0.29, 0.717) is 12.0 Å². The van der Waals surface area contributed by atoms with Crippen molar-refractivity contribution in [3.63, 3.8) is 0 Å². The van der Waals surface area contributed by atoms with Crippen LogP contribution >= 0.6 is 0 Å². The summed E-state index contributed by atoms with van der Waals surface area (Å²) < 4.78 is 2.07. The molecule has 2 rings (SSSR count). The molecule has 0 bridgehead atoms. The summed E-state index contributed by atoms with van der Waals surface area (Å²) in [6.07, 6.45) is 6.75. The van der Waals surface area contributed by atoms with Crippen molar-refractivity contribution in [2.75, 3.05) is 6.54 Å². The van der Waals surface area contributed by atoms with E-state index >= 15 is 0 Å². The molecule has 0 saturated carbocycles. The van der Waals surface area contributed by atoms with Gasteiger partial charge in [-0.2, -0.15) is 5.10 Å². The summed E-state index contributed by atoms with van der Waals surface area (Å²) in [7, 11) is 0. The van der Waals surface area contributed by atoms with Crippen molar-refractivity contribution in [3.8, 4) is 0 Å². The highest BCUT2D eigenvalue weighted by atomic mass is 15.3. The molecule has 1 aliphatic heterocycles. The second-order valence-corrected chi connectivity index (χ2v) is 4.44. The lowest BCUT2D eigenvalue weighted by atomic mass is 10.1. The van der Waals surface area contributed by atoms with E-state index in [2.05, 4.69) is 35.1 Å². The molecule has 1 aromatic rings. The molecule has 0 radical (unpaired) electrons. The van der Waals surface area contributed by atoms with Crippen molar-refractivity contribution in [3.05, 3.63) is 18.0 Å². The third-order valence-electron chi connectivity index (χ3n) is 2.89. The maximum atomic E-state index is 4.38. The van der Waals surface area contributed by atoms with Gasteiger partial charge in [-0.3, -0.25) is 4.68 Å². The maximum Gasteiger partial charge on any atom is 0.0562 e. The van der Waals surface area contributed by atoms with Crippen LogP contribution in [0.4, 0.5) is 0 Å². The van der Waals surface area contributed by atoms with E-state index in [9.17, 15) is 0 Å². The van der Waals surface area contributed by atoms with Crippen LogP contribution in [0.15, 0.2) is 12.4 Å². The highest BCUT2D eigenvalue weighted by Crippen LogP contribution is 2.13. The zero-order valence-electron chi connectivity index (χ0n) is 9.03. The van der Waals surface area contributed by atoms with E-state index in [1.165, 1.54) is 24.9 Å². The van der Waals surface area contributed by atoms with E-state index < -0.39 is 0 Å². The van der Waals surface area contributed by atoms with Crippen LogP contribution in [-0.4, -0.2) is 22.4 Å². The van der Waals surface area contributed by atoms with Gasteiger partial charge < -0.3 is 5.32 Å². The predicted octanol–water partition coefficient (Wildman–Crippen LogP) is 1.76. The Morgan fingerprint density at radius 1 is 1.64 bits per heavy atom. The first kappa shape index (κ1) is 9.71. The molecule has 1 saturated heterocycles. The minimum absolute atomic E-state index is 0.584. The summed E-state index contributed by atoms with van der Waals surface area (Å²) in [5.41, 5.74) is 1.34. The molecular weight excluding hydrogens is 174 g/mol. The lowest BCUT2D eigenvalue weighted by Gasteiger charge is -2.09. The molecule has 1 atom stereocenters. The van der Waals surface area contributed by atoms with Gasteiger partial charge in [-0.25, -0.2) is 0 Å². The van der Waals surface area contributed by atoms with E-state index in [0.717, 1.165) is 6.54 Å². The summed E-state index contributed by atoms with van der Waals surface area (Å²) in [5.74, 6) is 0.584. The van der Waals surface area contributed by atoms with Crippen LogP contribution in [0.5, 0.6) is 0 Å². The quantitative estimate of drug-likeness (QED) is 0.792. The molecule has 0 spiro atoms. The van der Waals surface area contributed by atoms with Gasteiger partial charge in [-0.1, -0.05) is 13.8 Å². The Labute approximate surface area is 85.5 Å². The highest BCUT2D eigenvalue weighted by Gasteiger charge is 2.14. The van der Waals surface area contributed by atoms with E-state index in [4.69, 9.17) is 0 Å². The average Bonchev–Trinajstić information content (AvgIpc) is 2.75. The molecule has 1 aliphatic rings. The molecule has 1 N–H and O–H groups in total. The fourth-order valence-electron chi connectivity index (χ4n) is 1.92. The molecule has 1 unspecified atom stereocenters. The second-order valence-electron chi connectivity index (χ2n) is 4.44. The Hall–Kier alpha value is -0.830. The number of aromatic nitrogens is 2. The predicted molar refractivity (Wildman–Crippen MR) is 57.3 cm³/mol. The molecule has 0 aliphatic carbocycles. The van der Waals surface area contributed by atoms with Gasteiger partial charge in [0.25, 0.3) is 0 Å². The minimum Gasteiger partial charge on any atom is -0.312 e. The van der Waals surface area contributed by atoms with Crippen LogP contribution in [0.3, 0.4) is 0 Å². The monoisotopic (exact) mass is 193 g/mol. The average molecular weight is 193 g/mol. The summed E-state index contributed by atoms with van der Waals surface area (Å²) in [6, 6.07) is 0.634. The number of rotatable bonds is 3. The zero-order chi connectivity index (χ0) is 9.97. The SMILES string of the molecule is CC(C)c1cnn(CC2CCCN2)c1. The lowest BCUT2D eigenvalue weighted by Crippen LogP contribution is -2.26. The van der Waals surface area contributed by atoms with Gasteiger partial charge in [-0.05, 0) is 30.9 Å². The first-order chi connectivity index (χ1) is 6.75. The van der Waals surface area contributed by atoms with Crippen molar-refractivity contribution in [1.29, 1.82) is 0 Å². The first-order valence-corrected chi connectivity index (χ1v) is 5.51. The van der Waals surface area contributed by atoms with E-state index in [-0.39, 0.29) is 0 Å². The van der Waals surface area contributed by atoms with E-state index in [1.54, 1.807) is 0 Å². The Balaban J connectivity index is 1.95. The Morgan fingerprint density at radius 3 is 3.07 bits per heavy atom. The third-order valence-corrected chi connectivity index (χ3v) is 2.89. The standard InChI is InChI=1S/C11H19N3/c1-9(2)10-6-13-14(7-10)8-11-4-3-5-12-11/h6-7,9,11-12H,3-5,8H2,1-2H3. The van der Waals surface area contributed by atoms with Crippen LogP contribution in [-0.2, 0) is 6.54 Å². The Bertz CT molecular complexity index is 284. The number of nitrogens with zero attached hydrogens (tertiary/aromatic N) is 2. The smallest absolute Gasteiger partial charge is 0.0562 e. The van der Waals surface area contributed by atoms with Gasteiger partial charge in [-0.15, -0.1) is 0 Å². The molecule has 3 heteroatoms. The molecule has 2 heterocycles. The lowest BCUT2D eigenvalue weighted by molar-refractivity contribution is 0.475. The van der Waals surface area contributed by atoms with Crippen molar-refractivity contribution >= 4 is 0 Å². The van der Waals surface area contributed by atoms with Crippen LogP contribution in [0.2, 0.25) is 0 Å². The van der Waals surface area contributed by atoms with Crippen LogP contribution in [0.1, 0.15) is 38.2 Å². The van der Waals surface area contributed by atoms with Crippen molar-refractivity contribution in [1.82, 2.24) is 15.1 Å². The minimum atomic E-state index is 0.584. The van der Waals surface area contributed by atoms with Crippen molar-refractivity contribution in [2.45, 2.75) is 45.2 Å². The summed E-state index contributed by atoms with van der Waals surface area (Å²) in [5, 5.41) is 7.86. The van der Waals surface area contributed by atoms with Crippen LogP contribution in [0, 0.1) is 0 Å². The maximum absolute atomic E-state index is 4.38. The van der Waals surface area contributed by atoms with Gasteiger partial charge in [0, 0.05) is 12.2 Å². The summed E-state index contributed by atoms with van der Waals surface area (Å²) in [6.45, 7) is 6.60. The molecule has 0 amide bonds. The first-order valence-electron chi connectivity index (χ1n) is 5.51. The molecule has 14 heavy (non-hydrogen) atoms. The fraction of sp³-hybridized carbons (Fsp3) is 0.727.